The minimum absolute atomic E-state index is 0.108. The fraction of sp³-hybridized carbons (Fsp3) is 0.625. The maximum Gasteiger partial charge on any atom is 0.126 e. The Morgan fingerprint density at radius 2 is 2.26 bits per heavy atom. The largest absolute Gasteiger partial charge is 0.313 e. The molecule has 1 fully saturated rings. The first-order valence-corrected chi connectivity index (χ1v) is 7.40. The van der Waals surface area contributed by atoms with Gasteiger partial charge in [-0.15, -0.1) is 0 Å². The van der Waals surface area contributed by atoms with E-state index in [1.165, 1.54) is 18.4 Å². The molecule has 1 aromatic rings. The Kier molecular flexibility index (Phi) is 5.34. The van der Waals surface area contributed by atoms with Crippen LogP contribution < -0.4 is 5.32 Å². The summed E-state index contributed by atoms with van der Waals surface area (Å²) in [5.41, 5.74) is 1.96. The van der Waals surface area contributed by atoms with Gasteiger partial charge >= 0.3 is 0 Å². The van der Waals surface area contributed by atoms with Crippen molar-refractivity contribution in [1.29, 1.82) is 0 Å². The van der Waals surface area contributed by atoms with E-state index < -0.39 is 0 Å². The number of halogens is 1. The van der Waals surface area contributed by atoms with Gasteiger partial charge in [-0.25, -0.2) is 4.39 Å². The lowest BCUT2D eigenvalue weighted by Crippen LogP contribution is -2.37. The van der Waals surface area contributed by atoms with E-state index >= 15 is 0 Å². The van der Waals surface area contributed by atoms with Gasteiger partial charge in [0.05, 0.1) is 0 Å². The maximum atomic E-state index is 13.3. The SMILES string of the molecule is CCCN(Cc1ccc(F)c(C)c1)CC1CCCN1. The van der Waals surface area contributed by atoms with E-state index in [0.717, 1.165) is 38.2 Å². The summed E-state index contributed by atoms with van der Waals surface area (Å²) in [4.78, 5) is 2.48. The highest BCUT2D eigenvalue weighted by Gasteiger charge is 2.17. The Labute approximate surface area is 116 Å². The Hall–Kier alpha value is -0.930. The molecule has 1 atom stereocenters. The van der Waals surface area contributed by atoms with Gasteiger partial charge in [-0.05, 0) is 56.5 Å². The van der Waals surface area contributed by atoms with Gasteiger partial charge in [-0.1, -0.05) is 19.1 Å². The van der Waals surface area contributed by atoms with Gasteiger partial charge < -0.3 is 5.32 Å². The highest BCUT2D eigenvalue weighted by Crippen LogP contribution is 2.14. The molecule has 1 aliphatic heterocycles. The summed E-state index contributed by atoms with van der Waals surface area (Å²) in [5.74, 6) is -0.108. The smallest absolute Gasteiger partial charge is 0.126 e. The average Bonchev–Trinajstić information content (AvgIpc) is 2.87. The molecule has 0 bridgehead atoms. The second-order valence-corrected chi connectivity index (χ2v) is 5.61. The van der Waals surface area contributed by atoms with Gasteiger partial charge in [0.25, 0.3) is 0 Å². The minimum Gasteiger partial charge on any atom is -0.313 e. The number of benzene rings is 1. The first-order valence-electron chi connectivity index (χ1n) is 7.40. The third kappa shape index (κ3) is 4.29. The molecule has 19 heavy (non-hydrogen) atoms. The summed E-state index contributed by atoms with van der Waals surface area (Å²) < 4.78 is 13.3. The van der Waals surface area contributed by atoms with Crippen LogP contribution in [0.3, 0.4) is 0 Å². The molecular weight excluding hydrogens is 239 g/mol. The number of rotatable bonds is 6. The first-order chi connectivity index (χ1) is 9.19. The number of nitrogens with one attached hydrogen (secondary N) is 1. The predicted octanol–water partition coefficient (Wildman–Crippen LogP) is 3.10. The van der Waals surface area contributed by atoms with E-state index in [1.807, 2.05) is 19.1 Å². The summed E-state index contributed by atoms with van der Waals surface area (Å²) in [6.07, 6.45) is 3.73. The Morgan fingerprint density at radius 1 is 1.42 bits per heavy atom. The summed E-state index contributed by atoms with van der Waals surface area (Å²) in [5, 5.41) is 3.55. The van der Waals surface area contributed by atoms with Gasteiger partial charge in [0.1, 0.15) is 5.82 Å². The lowest BCUT2D eigenvalue weighted by atomic mass is 10.1. The summed E-state index contributed by atoms with van der Waals surface area (Å²) in [6.45, 7) is 8.33. The third-order valence-electron chi connectivity index (χ3n) is 3.81. The Morgan fingerprint density at radius 3 is 2.89 bits per heavy atom. The van der Waals surface area contributed by atoms with Crippen LogP contribution in [-0.4, -0.2) is 30.6 Å². The summed E-state index contributed by atoms with van der Waals surface area (Å²) in [6, 6.07) is 6.10. The second-order valence-electron chi connectivity index (χ2n) is 5.61. The molecule has 0 amide bonds. The fourth-order valence-corrected chi connectivity index (χ4v) is 2.84. The molecule has 2 rings (SSSR count). The van der Waals surface area contributed by atoms with Crippen LogP contribution >= 0.6 is 0 Å². The van der Waals surface area contributed by atoms with Crippen LogP contribution in [0.25, 0.3) is 0 Å². The molecule has 3 heteroatoms. The highest BCUT2D eigenvalue weighted by atomic mass is 19.1. The van der Waals surface area contributed by atoms with Crippen LogP contribution in [0.1, 0.15) is 37.3 Å². The van der Waals surface area contributed by atoms with E-state index in [9.17, 15) is 4.39 Å². The monoisotopic (exact) mass is 264 g/mol. The van der Waals surface area contributed by atoms with Crippen LogP contribution in [0.2, 0.25) is 0 Å². The van der Waals surface area contributed by atoms with Crippen molar-refractivity contribution in [3.8, 4) is 0 Å². The topological polar surface area (TPSA) is 15.3 Å². The molecule has 1 aromatic carbocycles. The molecule has 1 aliphatic rings. The predicted molar refractivity (Wildman–Crippen MR) is 77.7 cm³/mol. The van der Waals surface area contributed by atoms with E-state index in [2.05, 4.69) is 17.1 Å². The standard InChI is InChI=1S/C16H25FN2/c1-3-9-19(12-15-5-4-8-18-15)11-14-6-7-16(17)13(2)10-14/h6-7,10,15,18H,3-5,8-9,11-12H2,1-2H3. The van der Waals surface area contributed by atoms with Crippen molar-refractivity contribution >= 4 is 0 Å². The zero-order valence-corrected chi connectivity index (χ0v) is 12.1. The molecule has 0 saturated carbocycles. The van der Waals surface area contributed by atoms with Gasteiger partial charge in [-0.3, -0.25) is 4.90 Å². The van der Waals surface area contributed by atoms with Gasteiger partial charge in [-0.2, -0.15) is 0 Å². The molecule has 1 saturated heterocycles. The second kappa shape index (κ2) is 7.01. The van der Waals surface area contributed by atoms with E-state index in [0.29, 0.717) is 6.04 Å². The number of hydrogen-bond acceptors (Lipinski definition) is 2. The van der Waals surface area contributed by atoms with E-state index in [-0.39, 0.29) is 5.82 Å². The molecule has 0 aliphatic carbocycles. The van der Waals surface area contributed by atoms with Crippen LogP contribution in [-0.2, 0) is 6.54 Å². The quantitative estimate of drug-likeness (QED) is 0.849. The summed E-state index contributed by atoms with van der Waals surface area (Å²) >= 11 is 0. The molecule has 1 N–H and O–H groups in total. The van der Waals surface area contributed by atoms with Crippen LogP contribution in [0, 0.1) is 12.7 Å². The molecule has 0 spiro atoms. The Bertz CT molecular complexity index is 400. The first kappa shape index (κ1) is 14.5. The summed E-state index contributed by atoms with van der Waals surface area (Å²) in [7, 11) is 0. The number of aryl methyl sites for hydroxylation is 1. The van der Waals surface area contributed by atoms with Crippen molar-refractivity contribution < 1.29 is 4.39 Å². The highest BCUT2D eigenvalue weighted by molar-refractivity contribution is 5.23. The molecule has 1 unspecified atom stereocenters. The molecular formula is C16H25FN2. The zero-order chi connectivity index (χ0) is 13.7. The number of hydrogen-bond donors (Lipinski definition) is 1. The normalized spacial score (nSPS) is 19.3. The molecule has 106 valence electrons. The van der Waals surface area contributed by atoms with Gasteiger partial charge in [0, 0.05) is 19.1 Å². The van der Waals surface area contributed by atoms with Crippen LogP contribution in [0.15, 0.2) is 18.2 Å². The number of nitrogens with zero attached hydrogens (tertiary/aromatic N) is 1. The molecule has 1 heterocycles. The van der Waals surface area contributed by atoms with Crippen molar-refractivity contribution in [2.75, 3.05) is 19.6 Å². The minimum atomic E-state index is -0.108. The molecule has 0 aromatic heterocycles. The third-order valence-corrected chi connectivity index (χ3v) is 3.81. The van der Waals surface area contributed by atoms with Crippen molar-refractivity contribution in [2.45, 2.75) is 45.7 Å². The van der Waals surface area contributed by atoms with Crippen molar-refractivity contribution in [2.24, 2.45) is 0 Å². The lowest BCUT2D eigenvalue weighted by molar-refractivity contribution is 0.241. The van der Waals surface area contributed by atoms with Crippen molar-refractivity contribution in [3.63, 3.8) is 0 Å². The zero-order valence-electron chi connectivity index (χ0n) is 12.1. The van der Waals surface area contributed by atoms with Crippen molar-refractivity contribution in [3.05, 3.63) is 35.1 Å². The van der Waals surface area contributed by atoms with Gasteiger partial charge in [0.15, 0.2) is 0 Å². The fourth-order valence-electron chi connectivity index (χ4n) is 2.84. The Balaban J connectivity index is 1.96. The van der Waals surface area contributed by atoms with Crippen molar-refractivity contribution in [1.82, 2.24) is 10.2 Å². The molecule has 2 nitrogen and oxygen atoms in total. The van der Waals surface area contributed by atoms with Gasteiger partial charge in [0.2, 0.25) is 0 Å². The van der Waals surface area contributed by atoms with Crippen LogP contribution in [0.4, 0.5) is 4.39 Å². The average molecular weight is 264 g/mol. The molecule has 0 radical (unpaired) electrons. The van der Waals surface area contributed by atoms with E-state index in [1.54, 1.807) is 6.07 Å². The van der Waals surface area contributed by atoms with E-state index in [4.69, 9.17) is 0 Å². The lowest BCUT2D eigenvalue weighted by Gasteiger charge is -2.25. The maximum absolute atomic E-state index is 13.3. The van der Waals surface area contributed by atoms with Crippen LogP contribution in [0.5, 0.6) is 0 Å².